The van der Waals surface area contributed by atoms with E-state index < -0.39 is 0 Å². The fourth-order valence-electron chi connectivity index (χ4n) is 0.957. The molecule has 2 N–H and O–H groups in total. The van der Waals surface area contributed by atoms with Crippen LogP contribution in [0.4, 0.5) is 0 Å². The Kier molecular flexibility index (Phi) is 11.0. The molecule has 0 saturated heterocycles. The van der Waals surface area contributed by atoms with Crippen LogP contribution in [0.25, 0.3) is 0 Å². The van der Waals surface area contributed by atoms with Gasteiger partial charge in [-0.3, -0.25) is 4.79 Å². The largest absolute Gasteiger partial charge is 0.405 e. The smallest absolute Gasteiger partial charge is 0.156 e. The van der Waals surface area contributed by atoms with Gasteiger partial charge in [-0.25, -0.2) is 0 Å². The Balaban J connectivity index is 0. The summed E-state index contributed by atoms with van der Waals surface area (Å²) in [5, 5.41) is 0.485. The quantitative estimate of drug-likeness (QED) is 0.607. The highest BCUT2D eigenvalue weighted by Crippen LogP contribution is 2.19. The van der Waals surface area contributed by atoms with Crippen molar-refractivity contribution in [3.8, 4) is 0 Å². The lowest BCUT2D eigenvalue weighted by Crippen LogP contribution is -2.10. The summed E-state index contributed by atoms with van der Waals surface area (Å²) in [7, 11) is 0. The highest BCUT2D eigenvalue weighted by molar-refractivity contribution is 6.31. The normalized spacial score (nSPS) is 12.7. The van der Waals surface area contributed by atoms with Gasteiger partial charge < -0.3 is 5.73 Å². The number of hydrogen-bond donors (Lipinski definition) is 1. The number of carbonyl (C=O) groups is 1. The summed E-state index contributed by atoms with van der Waals surface area (Å²) in [5.74, 6) is 0.0748. The van der Waals surface area contributed by atoms with Crippen molar-refractivity contribution in [3.63, 3.8) is 0 Å². The average molecular weight is 258 g/mol. The Bertz CT molecular complexity index is 296. The van der Waals surface area contributed by atoms with Crippen LogP contribution in [0.2, 0.25) is 0 Å². The van der Waals surface area contributed by atoms with Crippen molar-refractivity contribution in [2.45, 2.75) is 41.0 Å². The first-order valence-corrected chi connectivity index (χ1v) is 6.18. The van der Waals surface area contributed by atoms with E-state index in [9.17, 15) is 4.79 Å². The third-order valence-corrected chi connectivity index (χ3v) is 1.75. The Hall–Kier alpha value is -1.02. The van der Waals surface area contributed by atoms with E-state index in [1.165, 1.54) is 12.3 Å². The third-order valence-electron chi connectivity index (χ3n) is 1.50. The van der Waals surface area contributed by atoms with Crippen molar-refractivity contribution < 1.29 is 4.79 Å². The van der Waals surface area contributed by atoms with Crippen LogP contribution in [-0.2, 0) is 4.79 Å². The molecule has 0 rings (SSSR count). The van der Waals surface area contributed by atoms with E-state index in [1.807, 2.05) is 34.6 Å². The number of carbonyl (C=O) groups excluding carboxylic acids is 1. The fraction of sp³-hybridized carbons (Fsp3) is 0.500. The Morgan fingerprint density at radius 1 is 1.24 bits per heavy atom. The van der Waals surface area contributed by atoms with Gasteiger partial charge in [-0.05, 0) is 35.9 Å². The van der Waals surface area contributed by atoms with E-state index in [0.717, 1.165) is 0 Å². The van der Waals surface area contributed by atoms with Crippen molar-refractivity contribution in [2.75, 3.05) is 0 Å². The molecule has 0 aliphatic carbocycles. The van der Waals surface area contributed by atoms with Gasteiger partial charge in [-0.2, -0.15) is 0 Å². The van der Waals surface area contributed by atoms with Gasteiger partial charge in [-0.1, -0.05) is 46.2 Å². The first-order chi connectivity index (χ1) is 7.85. The van der Waals surface area contributed by atoms with Crippen LogP contribution in [0.3, 0.4) is 0 Å². The molecule has 0 radical (unpaired) electrons. The summed E-state index contributed by atoms with van der Waals surface area (Å²) in [6.07, 6.45) is 8.21. The van der Waals surface area contributed by atoms with Gasteiger partial charge in [0, 0.05) is 11.5 Å². The number of ketones is 1. The molecule has 17 heavy (non-hydrogen) atoms. The van der Waals surface area contributed by atoms with Crippen molar-refractivity contribution in [1.82, 2.24) is 0 Å². The van der Waals surface area contributed by atoms with Gasteiger partial charge in [0.2, 0.25) is 0 Å². The molecule has 0 bridgehead atoms. The highest BCUT2D eigenvalue weighted by Gasteiger charge is 2.13. The molecule has 0 saturated carbocycles. The topological polar surface area (TPSA) is 43.1 Å². The molecule has 0 aliphatic rings. The van der Waals surface area contributed by atoms with Crippen molar-refractivity contribution in [2.24, 2.45) is 11.1 Å². The predicted octanol–water partition coefficient (Wildman–Crippen LogP) is 4.17. The van der Waals surface area contributed by atoms with Crippen LogP contribution in [0.1, 0.15) is 41.0 Å². The van der Waals surface area contributed by atoms with E-state index in [1.54, 1.807) is 18.2 Å². The first-order valence-electron chi connectivity index (χ1n) is 5.80. The second kappa shape index (κ2) is 10.2. The number of allylic oxidation sites excluding steroid dienone is 5. The second-order valence-electron chi connectivity index (χ2n) is 4.47. The summed E-state index contributed by atoms with van der Waals surface area (Å²) in [4.78, 5) is 11.4. The van der Waals surface area contributed by atoms with E-state index in [-0.39, 0.29) is 11.2 Å². The molecule has 0 atom stereocenters. The molecule has 0 aromatic heterocycles. The maximum Gasteiger partial charge on any atom is 0.156 e. The SMILES string of the molecule is CC.CC(C)(C)CC(=O)\C=C/C(Cl)=C\C=C\N. The summed E-state index contributed by atoms with van der Waals surface area (Å²) < 4.78 is 0. The van der Waals surface area contributed by atoms with Crippen LogP contribution in [0.15, 0.2) is 35.5 Å². The van der Waals surface area contributed by atoms with Gasteiger partial charge >= 0.3 is 0 Å². The number of hydrogen-bond acceptors (Lipinski definition) is 2. The molecule has 0 amide bonds. The molecule has 0 aromatic carbocycles. The molecular weight excluding hydrogens is 234 g/mol. The number of halogens is 1. The highest BCUT2D eigenvalue weighted by atomic mass is 35.5. The molecule has 0 aromatic rings. The monoisotopic (exact) mass is 257 g/mol. The van der Waals surface area contributed by atoms with E-state index in [2.05, 4.69) is 0 Å². The fourth-order valence-corrected chi connectivity index (χ4v) is 1.09. The molecule has 0 fully saturated rings. The van der Waals surface area contributed by atoms with Gasteiger partial charge in [0.05, 0.1) is 0 Å². The Morgan fingerprint density at radius 3 is 2.18 bits per heavy atom. The van der Waals surface area contributed by atoms with E-state index in [0.29, 0.717) is 11.5 Å². The van der Waals surface area contributed by atoms with Crippen LogP contribution < -0.4 is 5.73 Å². The van der Waals surface area contributed by atoms with Crippen LogP contribution >= 0.6 is 11.6 Å². The molecule has 0 spiro atoms. The average Bonchev–Trinajstić information content (AvgIpc) is 2.24. The molecule has 2 nitrogen and oxygen atoms in total. The number of rotatable bonds is 4. The predicted molar refractivity (Wildman–Crippen MR) is 76.8 cm³/mol. The van der Waals surface area contributed by atoms with Crippen molar-refractivity contribution in [3.05, 3.63) is 35.5 Å². The zero-order chi connectivity index (χ0) is 13.9. The third kappa shape index (κ3) is 15.0. The molecule has 0 unspecified atom stereocenters. The summed E-state index contributed by atoms with van der Waals surface area (Å²) >= 11 is 5.79. The van der Waals surface area contributed by atoms with Crippen LogP contribution in [0.5, 0.6) is 0 Å². The Morgan fingerprint density at radius 2 is 1.76 bits per heavy atom. The maximum absolute atomic E-state index is 11.4. The summed E-state index contributed by atoms with van der Waals surface area (Å²) in [6.45, 7) is 10.1. The second-order valence-corrected chi connectivity index (χ2v) is 4.91. The van der Waals surface area contributed by atoms with Crippen molar-refractivity contribution in [1.29, 1.82) is 0 Å². The summed E-state index contributed by atoms with van der Waals surface area (Å²) in [5.41, 5.74) is 5.15. The lowest BCUT2D eigenvalue weighted by atomic mass is 9.90. The van der Waals surface area contributed by atoms with E-state index >= 15 is 0 Å². The molecular formula is C14H24ClNO. The minimum atomic E-state index is 0.00871. The van der Waals surface area contributed by atoms with Crippen LogP contribution in [0, 0.1) is 5.41 Å². The lowest BCUT2D eigenvalue weighted by Gasteiger charge is -2.14. The van der Waals surface area contributed by atoms with Crippen molar-refractivity contribution >= 4 is 17.4 Å². The Labute approximate surface area is 110 Å². The van der Waals surface area contributed by atoms with Crippen LogP contribution in [-0.4, -0.2) is 5.78 Å². The zero-order valence-electron chi connectivity index (χ0n) is 11.5. The van der Waals surface area contributed by atoms with Gasteiger partial charge in [0.1, 0.15) is 0 Å². The number of nitrogens with two attached hydrogens (primary N) is 1. The first kappa shape index (κ1) is 18.3. The zero-order valence-corrected chi connectivity index (χ0v) is 12.2. The molecule has 3 heteroatoms. The molecule has 0 heterocycles. The lowest BCUT2D eigenvalue weighted by molar-refractivity contribution is -0.116. The standard InChI is InChI=1S/C12H18ClNO.C2H6/c1-12(2,3)9-11(15)7-6-10(13)5-4-8-14;1-2/h4-8H,9,14H2,1-3H3;1-2H3/b7-6-,8-4+,10-5+;. The summed E-state index contributed by atoms with van der Waals surface area (Å²) in [6, 6.07) is 0. The minimum Gasteiger partial charge on any atom is -0.405 e. The van der Waals surface area contributed by atoms with E-state index in [4.69, 9.17) is 17.3 Å². The van der Waals surface area contributed by atoms with Gasteiger partial charge in [0.25, 0.3) is 0 Å². The molecule has 98 valence electrons. The maximum atomic E-state index is 11.4. The van der Waals surface area contributed by atoms with Gasteiger partial charge in [0.15, 0.2) is 5.78 Å². The minimum absolute atomic E-state index is 0.00871. The van der Waals surface area contributed by atoms with Gasteiger partial charge in [-0.15, -0.1) is 0 Å². The molecule has 0 aliphatic heterocycles.